The third-order valence-corrected chi connectivity index (χ3v) is 6.11. The summed E-state index contributed by atoms with van der Waals surface area (Å²) in [5.74, 6) is 1.20. The molecule has 0 amide bonds. The molecule has 0 spiro atoms. The van der Waals surface area contributed by atoms with Gasteiger partial charge in [-0.3, -0.25) is 0 Å². The average molecular weight is 310 g/mol. The van der Waals surface area contributed by atoms with Gasteiger partial charge in [-0.05, 0) is 71.2 Å². The standard InChI is InChI=1S/C24H22/c1-15-11-22(24-14-18-8-4-6-10-20(18)24)16(2)12-21(15)23-13-17-7-3-5-9-19(17)23/h3-12,23-24H,13-14H2,1-2H3. The lowest BCUT2D eigenvalue weighted by Crippen LogP contribution is -2.21. The maximum atomic E-state index is 2.46. The molecule has 24 heavy (non-hydrogen) atoms. The summed E-state index contributed by atoms with van der Waals surface area (Å²) in [6, 6.07) is 22.7. The molecule has 0 aromatic heterocycles. The van der Waals surface area contributed by atoms with Crippen LogP contribution in [0.1, 0.15) is 56.3 Å². The predicted molar refractivity (Wildman–Crippen MR) is 99.9 cm³/mol. The summed E-state index contributed by atoms with van der Waals surface area (Å²) in [7, 11) is 0. The van der Waals surface area contributed by atoms with Crippen LogP contribution in [0.5, 0.6) is 0 Å². The highest BCUT2D eigenvalue weighted by atomic mass is 14.3. The van der Waals surface area contributed by atoms with Crippen molar-refractivity contribution in [3.05, 3.63) is 105 Å². The first kappa shape index (κ1) is 14.0. The van der Waals surface area contributed by atoms with Crippen LogP contribution < -0.4 is 0 Å². The molecular weight excluding hydrogens is 288 g/mol. The second-order valence-corrected chi connectivity index (χ2v) is 7.48. The van der Waals surface area contributed by atoms with Crippen LogP contribution in [0, 0.1) is 13.8 Å². The zero-order chi connectivity index (χ0) is 16.3. The van der Waals surface area contributed by atoms with Crippen LogP contribution in [0.15, 0.2) is 60.7 Å². The molecule has 2 unspecified atom stereocenters. The van der Waals surface area contributed by atoms with E-state index in [4.69, 9.17) is 0 Å². The second kappa shape index (κ2) is 5.08. The first-order valence-electron chi connectivity index (χ1n) is 8.99. The van der Waals surface area contributed by atoms with Gasteiger partial charge in [0.25, 0.3) is 0 Å². The van der Waals surface area contributed by atoms with E-state index in [0.29, 0.717) is 11.8 Å². The van der Waals surface area contributed by atoms with E-state index in [-0.39, 0.29) is 0 Å². The topological polar surface area (TPSA) is 0 Å². The van der Waals surface area contributed by atoms with Crippen molar-refractivity contribution in [1.82, 2.24) is 0 Å². The number of fused-ring (bicyclic) bond motifs is 2. The van der Waals surface area contributed by atoms with E-state index in [0.717, 1.165) is 0 Å². The molecule has 0 N–H and O–H groups in total. The summed E-state index contributed by atoms with van der Waals surface area (Å²) in [5.41, 5.74) is 12.1. The molecule has 0 saturated heterocycles. The Kier molecular flexibility index (Phi) is 2.97. The van der Waals surface area contributed by atoms with Crippen LogP contribution in [0.4, 0.5) is 0 Å². The first-order valence-corrected chi connectivity index (χ1v) is 8.99. The number of rotatable bonds is 2. The van der Waals surface area contributed by atoms with Crippen LogP contribution in [0.3, 0.4) is 0 Å². The molecule has 0 fully saturated rings. The Balaban J connectivity index is 1.52. The molecule has 2 atom stereocenters. The van der Waals surface area contributed by atoms with Crippen molar-refractivity contribution in [3.8, 4) is 0 Å². The van der Waals surface area contributed by atoms with Crippen LogP contribution in [-0.4, -0.2) is 0 Å². The summed E-state index contributed by atoms with van der Waals surface area (Å²) in [5, 5.41) is 0. The van der Waals surface area contributed by atoms with Gasteiger partial charge in [0.2, 0.25) is 0 Å². The van der Waals surface area contributed by atoms with Crippen molar-refractivity contribution in [1.29, 1.82) is 0 Å². The molecule has 0 bridgehead atoms. The summed E-state index contributed by atoms with van der Waals surface area (Å²) < 4.78 is 0. The number of benzene rings is 3. The highest BCUT2D eigenvalue weighted by molar-refractivity contribution is 5.55. The number of hydrogen-bond donors (Lipinski definition) is 0. The molecule has 2 aliphatic rings. The van der Waals surface area contributed by atoms with E-state index < -0.39 is 0 Å². The maximum Gasteiger partial charge on any atom is 0.0135 e. The third kappa shape index (κ3) is 1.92. The lowest BCUT2D eigenvalue weighted by molar-refractivity contribution is 0.687. The lowest BCUT2D eigenvalue weighted by atomic mass is 9.69. The average Bonchev–Trinajstić information content (AvgIpc) is 2.54. The first-order chi connectivity index (χ1) is 11.7. The van der Waals surface area contributed by atoms with Crippen LogP contribution in [0.2, 0.25) is 0 Å². The SMILES string of the molecule is Cc1cc(C2Cc3ccccc32)c(C)cc1C1Cc2ccccc21. The quantitative estimate of drug-likeness (QED) is 0.571. The van der Waals surface area contributed by atoms with Crippen LogP contribution in [-0.2, 0) is 12.8 Å². The summed E-state index contributed by atoms with van der Waals surface area (Å²) in [6.07, 6.45) is 2.39. The normalized spacial score (nSPS) is 20.6. The molecule has 0 saturated carbocycles. The molecule has 0 radical (unpaired) electrons. The van der Waals surface area contributed by atoms with Crippen molar-refractivity contribution in [2.75, 3.05) is 0 Å². The van der Waals surface area contributed by atoms with Gasteiger partial charge < -0.3 is 0 Å². The Hall–Kier alpha value is -2.34. The lowest BCUT2D eigenvalue weighted by Gasteiger charge is -2.35. The highest BCUT2D eigenvalue weighted by Crippen LogP contribution is 2.45. The Bertz CT molecular complexity index is 869. The molecule has 0 heterocycles. The van der Waals surface area contributed by atoms with Gasteiger partial charge in [0.05, 0.1) is 0 Å². The molecule has 0 aliphatic heterocycles. The van der Waals surface area contributed by atoms with Crippen molar-refractivity contribution in [2.24, 2.45) is 0 Å². The summed E-state index contributed by atoms with van der Waals surface area (Å²) >= 11 is 0. The van der Waals surface area contributed by atoms with E-state index in [1.807, 2.05) is 0 Å². The van der Waals surface area contributed by atoms with Gasteiger partial charge in [0.15, 0.2) is 0 Å². The zero-order valence-electron chi connectivity index (χ0n) is 14.3. The van der Waals surface area contributed by atoms with Crippen LogP contribution in [0.25, 0.3) is 0 Å². The maximum absolute atomic E-state index is 2.46. The van der Waals surface area contributed by atoms with E-state index in [1.54, 1.807) is 0 Å². The molecule has 3 aromatic carbocycles. The smallest absolute Gasteiger partial charge is 0.0135 e. The molecule has 2 aliphatic carbocycles. The largest absolute Gasteiger partial charge is 0.0620 e. The van der Waals surface area contributed by atoms with E-state index >= 15 is 0 Å². The van der Waals surface area contributed by atoms with Gasteiger partial charge in [-0.2, -0.15) is 0 Å². The van der Waals surface area contributed by atoms with Gasteiger partial charge in [0, 0.05) is 11.8 Å². The van der Waals surface area contributed by atoms with E-state index in [1.165, 1.54) is 57.3 Å². The van der Waals surface area contributed by atoms with Gasteiger partial charge >= 0.3 is 0 Å². The van der Waals surface area contributed by atoms with Gasteiger partial charge in [0.1, 0.15) is 0 Å². The minimum absolute atomic E-state index is 0.600. The van der Waals surface area contributed by atoms with Crippen molar-refractivity contribution >= 4 is 0 Å². The molecule has 3 aromatic rings. The predicted octanol–water partition coefficient (Wildman–Crippen LogP) is 5.68. The van der Waals surface area contributed by atoms with Crippen LogP contribution >= 0.6 is 0 Å². The Morgan fingerprint density at radius 2 is 1.00 bits per heavy atom. The fourth-order valence-electron chi connectivity index (χ4n) is 4.68. The fourth-order valence-corrected chi connectivity index (χ4v) is 4.68. The van der Waals surface area contributed by atoms with Crippen molar-refractivity contribution in [2.45, 2.75) is 38.5 Å². The zero-order valence-corrected chi connectivity index (χ0v) is 14.3. The molecule has 118 valence electrons. The Morgan fingerprint density at radius 3 is 1.42 bits per heavy atom. The van der Waals surface area contributed by atoms with Crippen molar-refractivity contribution in [3.63, 3.8) is 0 Å². The monoisotopic (exact) mass is 310 g/mol. The molecule has 0 heteroatoms. The minimum atomic E-state index is 0.600. The summed E-state index contributed by atoms with van der Waals surface area (Å²) in [4.78, 5) is 0. The van der Waals surface area contributed by atoms with Crippen molar-refractivity contribution < 1.29 is 0 Å². The van der Waals surface area contributed by atoms with E-state index in [9.17, 15) is 0 Å². The van der Waals surface area contributed by atoms with Gasteiger partial charge in [-0.1, -0.05) is 60.7 Å². The molecule has 5 rings (SSSR count). The summed E-state index contributed by atoms with van der Waals surface area (Å²) in [6.45, 7) is 4.59. The van der Waals surface area contributed by atoms with Gasteiger partial charge in [-0.15, -0.1) is 0 Å². The molecular formula is C24H22. The number of hydrogen-bond acceptors (Lipinski definition) is 0. The second-order valence-electron chi connectivity index (χ2n) is 7.48. The third-order valence-electron chi connectivity index (χ3n) is 6.11. The highest BCUT2D eigenvalue weighted by Gasteiger charge is 2.31. The van der Waals surface area contributed by atoms with E-state index in [2.05, 4.69) is 74.5 Å². The Morgan fingerprint density at radius 1 is 0.583 bits per heavy atom. The fraction of sp³-hybridized carbons (Fsp3) is 0.250. The number of aryl methyl sites for hydroxylation is 2. The van der Waals surface area contributed by atoms with Gasteiger partial charge in [-0.25, -0.2) is 0 Å². The minimum Gasteiger partial charge on any atom is -0.0620 e. The molecule has 0 nitrogen and oxygen atoms in total. The Labute approximate surface area is 144 Å².